The Morgan fingerprint density at radius 2 is 1.74 bits per heavy atom. The molecule has 1 unspecified atom stereocenters. The molecule has 0 spiro atoms. The molecule has 168 valence electrons. The lowest BCUT2D eigenvalue weighted by atomic mass is 10.1. The lowest BCUT2D eigenvalue weighted by Gasteiger charge is -2.28. The van der Waals surface area contributed by atoms with Gasteiger partial charge in [-0.25, -0.2) is 15.0 Å². The summed E-state index contributed by atoms with van der Waals surface area (Å²) in [6.45, 7) is 4.21. The van der Waals surface area contributed by atoms with Crippen molar-refractivity contribution in [3.8, 4) is 0 Å². The third kappa shape index (κ3) is 4.15. The molecule has 7 heteroatoms. The van der Waals surface area contributed by atoms with Gasteiger partial charge in [0.15, 0.2) is 0 Å². The number of hydrogen-bond acceptors (Lipinski definition) is 6. The number of para-hydroxylation sites is 1. The lowest BCUT2D eigenvalue weighted by molar-refractivity contribution is 0.0666. The minimum absolute atomic E-state index is 0.121. The number of aromatic nitrogens is 4. The number of anilines is 1. The molecule has 7 nitrogen and oxygen atoms in total. The van der Waals surface area contributed by atoms with Crippen LogP contribution in [0.15, 0.2) is 79.3 Å². The van der Waals surface area contributed by atoms with Crippen LogP contribution in [0.5, 0.6) is 0 Å². The molecule has 3 heterocycles. The van der Waals surface area contributed by atoms with Gasteiger partial charge < -0.3 is 10.6 Å². The summed E-state index contributed by atoms with van der Waals surface area (Å²) in [4.78, 5) is 33.4. The van der Waals surface area contributed by atoms with Crippen molar-refractivity contribution in [1.29, 1.82) is 0 Å². The average molecular weight is 449 g/mol. The maximum absolute atomic E-state index is 13.8. The van der Waals surface area contributed by atoms with E-state index in [1.807, 2.05) is 62.5 Å². The Labute approximate surface area is 197 Å². The van der Waals surface area contributed by atoms with E-state index < -0.39 is 0 Å². The number of carbonyl (C=O) groups is 1. The van der Waals surface area contributed by atoms with Gasteiger partial charge in [0.25, 0.3) is 5.91 Å². The Balaban J connectivity index is 1.54. The maximum atomic E-state index is 13.8. The number of nitrogens with zero attached hydrogens (tertiary/aromatic N) is 5. The van der Waals surface area contributed by atoms with Crippen molar-refractivity contribution in [2.45, 2.75) is 26.4 Å². The van der Waals surface area contributed by atoms with Gasteiger partial charge >= 0.3 is 0 Å². The first kappa shape index (κ1) is 21.5. The molecule has 0 saturated carbocycles. The third-order valence-corrected chi connectivity index (χ3v) is 5.98. The van der Waals surface area contributed by atoms with Crippen molar-refractivity contribution >= 4 is 33.5 Å². The molecule has 0 radical (unpaired) electrons. The SMILES string of the molecule is Cc1cc2cc(C(=O)N(Cc3cnc4ccccc4c3)C(C)c3ncccn3)ccc2nc1N. The van der Waals surface area contributed by atoms with Gasteiger partial charge in [-0.3, -0.25) is 9.78 Å². The first-order valence-corrected chi connectivity index (χ1v) is 11.1. The quantitative estimate of drug-likeness (QED) is 0.412. The van der Waals surface area contributed by atoms with E-state index in [9.17, 15) is 4.79 Å². The van der Waals surface area contributed by atoms with Gasteiger partial charge in [-0.1, -0.05) is 18.2 Å². The lowest BCUT2D eigenvalue weighted by Crippen LogP contribution is -2.34. The molecule has 2 N–H and O–H groups in total. The number of benzene rings is 2. The van der Waals surface area contributed by atoms with E-state index in [4.69, 9.17) is 5.73 Å². The highest BCUT2D eigenvalue weighted by Crippen LogP contribution is 2.25. The summed E-state index contributed by atoms with van der Waals surface area (Å²) in [5.41, 5.74) is 10.00. The summed E-state index contributed by atoms with van der Waals surface area (Å²) in [7, 11) is 0. The zero-order valence-corrected chi connectivity index (χ0v) is 19.0. The fourth-order valence-electron chi connectivity index (χ4n) is 4.05. The van der Waals surface area contributed by atoms with Crippen LogP contribution in [0.2, 0.25) is 0 Å². The Bertz CT molecular complexity index is 1500. The van der Waals surface area contributed by atoms with Crippen LogP contribution in [0.3, 0.4) is 0 Å². The summed E-state index contributed by atoms with van der Waals surface area (Å²) in [5, 5.41) is 1.90. The van der Waals surface area contributed by atoms with Crippen molar-refractivity contribution in [3.05, 3.63) is 102 Å². The van der Waals surface area contributed by atoms with Crippen LogP contribution >= 0.6 is 0 Å². The van der Waals surface area contributed by atoms with Gasteiger partial charge in [0, 0.05) is 41.5 Å². The van der Waals surface area contributed by atoms with Crippen LogP contribution in [-0.4, -0.2) is 30.7 Å². The molecule has 2 aromatic carbocycles. The average Bonchev–Trinajstić information content (AvgIpc) is 2.87. The monoisotopic (exact) mass is 448 g/mol. The molecular formula is C27H24N6O. The van der Waals surface area contributed by atoms with Gasteiger partial charge in [0.1, 0.15) is 11.6 Å². The van der Waals surface area contributed by atoms with Crippen LogP contribution in [0.4, 0.5) is 5.82 Å². The number of hydrogen-bond donors (Lipinski definition) is 1. The van der Waals surface area contributed by atoms with E-state index in [-0.39, 0.29) is 11.9 Å². The molecule has 0 aliphatic rings. The highest BCUT2D eigenvalue weighted by Gasteiger charge is 2.25. The zero-order chi connectivity index (χ0) is 23.7. The van der Waals surface area contributed by atoms with Crippen LogP contribution < -0.4 is 5.73 Å². The number of rotatable bonds is 5. The highest BCUT2D eigenvalue weighted by atomic mass is 16.2. The number of carbonyl (C=O) groups excluding carboxylic acids is 1. The Morgan fingerprint density at radius 1 is 0.941 bits per heavy atom. The summed E-state index contributed by atoms with van der Waals surface area (Å²) in [5.74, 6) is 0.951. The molecule has 5 aromatic rings. The largest absolute Gasteiger partial charge is 0.383 e. The Kier molecular flexibility index (Phi) is 5.59. The molecule has 0 fully saturated rings. The molecule has 5 rings (SSSR count). The fourth-order valence-corrected chi connectivity index (χ4v) is 4.05. The second-order valence-electron chi connectivity index (χ2n) is 8.35. The molecule has 0 aliphatic heterocycles. The van der Waals surface area contributed by atoms with E-state index in [2.05, 4.69) is 26.0 Å². The Morgan fingerprint density at radius 3 is 2.56 bits per heavy atom. The predicted molar refractivity (Wildman–Crippen MR) is 133 cm³/mol. The number of fused-ring (bicyclic) bond motifs is 2. The fraction of sp³-hybridized carbons (Fsp3) is 0.148. The summed E-state index contributed by atoms with van der Waals surface area (Å²) in [6, 6.07) is 18.9. The van der Waals surface area contributed by atoms with Crippen molar-refractivity contribution in [3.63, 3.8) is 0 Å². The van der Waals surface area contributed by atoms with E-state index in [0.29, 0.717) is 23.8 Å². The first-order chi connectivity index (χ1) is 16.5. The summed E-state index contributed by atoms with van der Waals surface area (Å²) in [6.07, 6.45) is 5.19. The molecule has 34 heavy (non-hydrogen) atoms. The molecular weight excluding hydrogens is 424 g/mol. The van der Waals surface area contributed by atoms with Crippen molar-refractivity contribution in [1.82, 2.24) is 24.8 Å². The van der Waals surface area contributed by atoms with Gasteiger partial charge in [0.2, 0.25) is 0 Å². The van der Waals surface area contributed by atoms with Crippen LogP contribution in [0, 0.1) is 6.92 Å². The topological polar surface area (TPSA) is 97.9 Å². The molecule has 0 saturated heterocycles. The van der Waals surface area contributed by atoms with Gasteiger partial charge in [-0.2, -0.15) is 0 Å². The number of amides is 1. The minimum atomic E-state index is -0.345. The van der Waals surface area contributed by atoms with E-state index in [1.165, 1.54) is 0 Å². The molecule has 1 atom stereocenters. The summed E-state index contributed by atoms with van der Waals surface area (Å²) >= 11 is 0. The molecule has 3 aromatic heterocycles. The third-order valence-electron chi connectivity index (χ3n) is 5.98. The molecule has 1 amide bonds. The van der Waals surface area contributed by atoms with Crippen molar-refractivity contribution < 1.29 is 4.79 Å². The number of pyridine rings is 2. The zero-order valence-electron chi connectivity index (χ0n) is 19.0. The van der Waals surface area contributed by atoms with Gasteiger partial charge in [0.05, 0.1) is 17.1 Å². The van der Waals surface area contributed by atoms with Crippen LogP contribution in [-0.2, 0) is 6.54 Å². The summed E-state index contributed by atoms with van der Waals surface area (Å²) < 4.78 is 0. The number of nitrogen functional groups attached to an aromatic ring is 1. The minimum Gasteiger partial charge on any atom is -0.383 e. The maximum Gasteiger partial charge on any atom is 0.254 e. The Hall–Kier alpha value is -4.39. The van der Waals surface area contributed by atoms with Gasteiger partial charge in [-0.05, 0) is 67.4 Å². The van der Waals surface area contributed by atoms with E-state index >= 15 is 0 Å². The molecule has 0 bridgehead atoms. The molecule has 0 aliphatic carbocycles. The smallest absolute Gasteiger partial charge is 0.254 e. The number of aryl methyl sites for hydroxylation is 1. The van der Waals surface area contributed by atoms with Crippen molar-refractivity contribution in [2.75, 3.05) is 5.73 Å². The van der Waals surface area contributed by atoms with E-state index in [0.717, 1.165) is 32.9 Å². The second kappa shape index (κ2) is 8.86. The van der Waals surface area contributed by atoms with Crippen molar-refractivity contribution in [2.24, 2.45) is 0 Å². The van der Waals surface area contributed by atoms with Crippen LogP contribution in [0.25, 0.3) is 21.8 Å². The predicted octanol–water partition coefficient (Wildman–Crippen LogP) is 4.87. The standard InChI is InChI=1S/C27H24N6O/c1-17-12-22-14-21(8-9-24(22)32-25(17)28)27(34)33(18(2)26-29-10-5-11-30-26)16-19-13-20-6-3-4-7-23(20)31-15-19/h3-15,18H,16H2,1-2H3,(H2,28,32). The highest BCUT2D eigenvalue weighted by molar-refractivity contribution is 5.98. The normalized spacial score (nSPS) is 12.1. The van der Waals surface area contributed by atoms with Crippen LogP contribution in [0.1, 0.15) is 40.3 Å². The second-order valence-corrected chi connectivity index (χ2v) is 8.35. The first-order valence-electron chi connectivity index (χ1n) is 11.1. The number of nitrogens with two attached hydrogens (primary N) is 1. The van der Waals surface area contributed by atoms with E-state index in [1.54, 1.807) is 29.4 Å². The van der Waals surface area contributed by atoms with Gasteiger partial charge in [-0.15, -0.1) is 0 Å².